The van der Waals surface area contributed by atoms with Gasteiger partial charge in [-0.2, -0.15) is 5.10 Å². The van der Waals surface area contributed by atoms with Crippen molar-refractivity contribution in [2.45, 2.75) is 6.92 Å². The molecular weight excluding hydrogens is 440 g/mol. The number of benzene rings is 2. The molecule has 1 aliphatic rings. The molecule has 0 spiro atoms. The number of nitrogens with zero attached hydrogens (tertiary/aromatic N) is 5. The van der Waals surface area contributed by atoms with Crippen LogP contribution in [0.2, 0.25) is 0 Å². The fourth-order valence-corrected chi connectivity index (χ4v) is 3.92. The first kappa shape index (κ1) is 20.9. The van der Waals surface area contributed by atoms with E-state index in [4.69, 9.17) is 0 Å². The van der Waals surface area contributed by atoms with Crippen LogP contribution in [-0.4, -0.2) is 48.9 Å². The number of nitrogens with one attached hydrogen (secondary N) is 1. The zero-order valence-corrected chi connectivity index (χ0v) is 17.8. The summed E-state index contributed by atoms with van der Waals surface area (Å²) in [5.74, 6) is -2.28. The number of nitro groups is 1. The monoisotopic (exact) mass is 456 g/mol. The summed E-state index contributed by atoms with van der Waals surface area (Å²) in [6, 6.07) is 15.0. The molecule has 11 heteroatoms. The molecule has 1 N–H and O–H groups in total. The Morgan fingerprint density at radius 2 is 1.85 bits per heavy atom. The van der Waals surface area contributed by atoms with Crippen LogP contribution in [0.5, 0.6) is 0 Å². The van der Waals surface area contributed by atoms with Crippen LogP contribution in [0.15, 0.2) is 60.8 Å². The zero-order valence-electron chi connectivity index (χ0n) is 17.8. The number of imide groups is 1. The van der Waals surface area contributed by atoms with Crippen LogP contribution >= 0.6 is 0 Å². The fraction of sp³-hybridized carbons (Fsp3) is 0.0870. The van der Waals surface area contributed by atoms with Gasteiger partial charge >= 0.3 is 0 Å². The van der Waals surface area contributed by atoms with Gasteiger partial charge in [-0.15, -0.1) is 0 Å². The topological polar surface area (TPSA) is 140 Å². The highest BCUT2D eigenvalue weighted by Crippen LogP contribution is 2.30. The number of carbonyl (C=O) groups is 3. The molecule has 5 rings (SSSR count). The van der Waals surface area contributed by atoms with Crippen molar-refractivity contribution in [3.63, 3.8) is 0 Å². The van der Waals surface area contributed by atoms with Crippen LogP contribution in [0, 0.1) is 17.0 Å². The van der Waals surface area contributed by atoms with Crippen LogP contribution in [0.4, 0.5) is 11.4 Å². The van der Waals surface area contributed by atoms with E-state index >= 15 is 0 Å². The summed E-state index contributed by atoms with van der Waals surface area (Å²) in [4.78, 5) is 53.5. The average Bonchev–Trinajstić information content (AvgIpc) is 3.29. The van der Waals surface area contributed by atoms with Crippen molar-refractivity contribution in [1.29, 1.82) is 0 Å². The third kappa shape index (κ3) is 3.35. The number of pyridine rings is 1. The van der Waals surface area contributed by atoms with Gasteiger partial charge in [-0.1, -0.05) is 24.3 Å². The molecule has 4 aromatic rings. The quantitative estimate of drug-likeness (QED) is 0.277. The van der Waals surface area contributed by atoms with E-state index in [2.05, 4.69) is 15.4 Å². The van der Waals surface area contributed by atoms with E-state index in [-0.39, 0.29) is 11.1 Å². The molecule has 11 nitrogen and oxygen atoms in total. The Morgan fingerprint density at radius 3 is 2.59 bits per heavy atom. The Labute approximate surface area is 191 Å². The molecule has 0 radical (unpaired) electrons. The van der Waals surface area contributed by atoms with Crippen molar-refractivity contribution in [2.75, 3.05) is 11.9 Å². The maximum absolute atomic E-state index is 12.7. The standard InChI is InChI=1S/C23H16N6O5/c1-13-17-10-14(11-24-21(17)28(26-13)15-6-3-2-4-7-15)25-19(30)12-27-22(31)16-8-5-9-18(29(33)34)20(16)23(27)32/h2-11H,12H2,1H3,(H,25,30). The normalized spacial score (nSPS) is 12.8. The molecular formula is C23H16N6O5. The van der Waals surface area contributed by atoms with E-state index in [0.717, 1.165) is 17.1 Å². The summed E-state index contributed by atoms with van der Waals surface area (Å²) in [6.07, 6.45) is 1.45. The maximum atomic E-state index is 12.7. The summed E-state index contributed by atoms with van der Waals surface area (Å²) in [7, 11) is 0. The van der Waals surface area contributed by atoms with Gasteiger partial charge in [0.2, 0.25) is 5.91 Å². The van der Waals surface area contributed by atoms with Crippen LogP contribution in [-0.2, 0) is 4.79 Å². The zero-order chi connectivity index (χ0) is 24.0. The number of rotatable bonds is 5. The number of carbonyl (C=O) groups excluding carboxylic acids is 3. The molecule has 0 saturated carbocycles. The van der Waals surface area contributed by atoms with Crippen molar-refractivity contribution < 1.29 is 19.3 Å². The summed E-state index contributed by atoms with van der Waals surface area (Å²) < 4.78 is 1.70. The number of anilines is 1. The third-order valence-electron chi connectivity index (χ3n) is 5.47. The Balaban J connectivity index is 1.37. The molecule has 0 atom stereocenters. The number of nitro benzene ring substituents is 1. The number of aromatic nitrogens is 3. The first-order valence-corrected chi connectivity index (χ1v) is 10.2. The summed E-state index contributed by atoms with van der Waals surface area (Å²) >= 11 is 0. The van der Waals surface area contributed by atoms with Crippen molar-refractivity contribution in [2.24, 2.45) is 0 Å². The maximum Gasteiger partial charge on any atom is 0.282 e. The van der Waals surface area contributed by atoms with Gasteiger partial charge in [-0.05, 0) is 31.2 Å². The Bertz CT molecular complexity index is 1510. The molecule has 3 heterocycles. The van der Waals surface area contributed by atoms with Gasteiger partial charge in [0.25, 0.3) is 17.5 Å². The van der Waals surface area contributed by atoms with Gasteiger partial charge in [0.1, 0.15) is 12.1 Å². The number of para-hydroxylation sites is 1. The molecule has 0 unspecified atom stereocenters. The second kappa shape index (κ2) is 7.89. The second-order valence-electron chi connectivity index (χ2n) is 7.63. The Morgan fingerprint density at radius 1 is 1.09 bits per heavy atom. The molecule has 0 fully saturated rings. The lowest BCUT2D eigenvalue weighted by Gasteiger charge is -2.13. The largest absolute Gasteiger partial charge is 0.323 e. The van der Waals surface area contributed by atoms with Gasteiger partial charge in [0.15, 0.2) is 5.65 Å². The van der Waals surface area contributed by atoms with Crippen molar-refractivity contribution in [3.05, 3.63) is 87.7 Å². The van der Waals surface area contributed by atoms with Gasteiger partial charge in [0, 0.05) is 11.5 Å². The summed E-state index contributed by atoms with van der Waals surface area (Å²) in [6.45, 7) is 1.23. The van der Waals surface area contributed by atoms with E-state index in [1.807, 2.05) is 37.3 Å². The average molecular weight is 456 g/mol. The summed E-state index contributed by atoms with van der Waals surface area (Å²) in [5, 5.41) is 19.1. The molecule has 168 valence electrons. The first-order valence-electron chi connectivity index (χ1n) is 10.2. The van der Waals surface area contributed by atoms with Crippen LogP contribution in [0.25, 0.3) is 16.7 Å². The van der Waals surface area contributed by atoms with E-state index in [1.54, 1.807) is 10.7 Å². The number of hydrogen-bond donors (Lipinski definition) is 1. The first-order chi connectivity index (χ1) is 16.3. The van der Waals surface area contributed by atoms with Gasteiger partial charge < -0.3 is 5.32 Å². The van der Waals surface area contributed by atoms with Gasteiger partial charge in [-0.25, -0.2) is 9.67 Å². The minimum atomic E-state index is -0.879. The second-order valence-corrected chi connectivity index (χ2v) is 7.63. The molecule has 0 aliphatic carbocycles. The fourth-order valence-electron chi connectivity index (χ4n) is 3.92. The Kier molecular flexibility index (Phi) is 4.86. The minimum absolute atomic E-state index is 0.0981. The molecule has 2 aromatic heterocycles. The number of amides is 3. The van der Waals surface area contributed by atoms with Crippen LogP contribution < -0.4 is 5.32 Å². The van der Waals surface area contributed by atoms with Crippen molar-refractivity contribution in [3.8, 4) is 5.69 Å². The molecule has 34 heavy (non-hydrogen) atoms. The predicted octanol–water partition coefficient (Wildman–Crippen LogP) is 2.87. The molecule has 0 bridgehead atoms. The lowest BCUT2D eigenvalue weighted by atomic mass is 10.1. The van der Waals surface area contributed by atoms with Crippen molar-refractivity contribution in [1.82, 2.24) is 19.7 Å². The summed E-state index contributed by atoms with van der Waals surface area (Å²) in [5.41, 5.74) is 1.63. The molecule has 2 aromatic carbocycles. The van der Waals surface area contributed by atoms with Crippen LogP contribution in [0.3, 0.4) is 0 Å². The Hall–Kier alpha value is -4.93. The van der Waals surface area contributed by atoms with Crippen LogP contribution in [0.1, 0.15) is 26.4 Å². The van der Waals surface area contributed by atoms with Crippen molar-refractivity contribution >= 4 is 40.1 Å². The number of fused-ring (bicyclic) bond motifs is 2. The highest BCUT2D eigenvalue weighted by molar-refractivity contribution is 6.24. The molecule has 0 saturated heterocycles. The highest BCUT2D eigenvalue weighted by atomic mass is 16.6. The third-order valence-corrected chi connectivity index (χ3v) is 5.47. The number of hydrogen-bond acceptors (Lipinski definition) is 7. The lowest BCUT2D eigenvalue weighted by Crippen LogP contribution is -2.37. The van der Waals surface area contributed by atoms with E-state index in [9.17, 15) is 24.5 Å². The highest BCUT2D eigenvalue weighted by Gasteiger charge is 2.41. The number of aryl methyl sites for hydroxylation is 1. The SMILES string of the molecule is Cc1nn(-c2ccccc2)c2ncc(NC(=O)CN3C(=O)c4cccc([N+](=O)[O-])c4C3=O)cc12. The minimum Gasteiger partial charge on any atom is -0.323 e. The van der Waals surface area contributed by atoms with Gasteiger partial charge in [0.05, 0.1) is 33.8 Å². The predicted molar refractivity (Wildman–Crippen MR) is 121 cm³/mol. The lowest BCUT2D eigenvalue weighted by molar-refractivity contribution is -0.385. The van der Waals surface area contributed by atoms with E-state index in [0.29, 0.717) is 21.9 Å². The van der Waals surface area contributed by atoms with E-state index < -0.39 is 34.9 Å². The molecule has 1 aliphatic heterocycles. The molecule has 3 amide bonds. The van der Waals surface area contributed by atoms with E-state index in [1.165, 1.54) is 18.3 Å². The van der Waals surface area contributed by atoms with Gasteiger partial charge in [-0.3, -0.25) is 29.4 Å². The smallest absolute Gasteiger partial charge is 0.282 e.